The highest BCUT2D eigenvalue weighted by molar-refractivity contribution is 5.83. The van der Waals surface area contributed by atoms with Crippen molar-refractivity contribution in [3.05, 3.63) is 95.8 Å². The average molecular weight is 511 g/mol. The molecule has 1 saturated heterocycles. The van der Waals surface area contributed by atoms with Crippen LogP contribution in [0.25, 0.3) is 0 Å². The number of aromatic nitrogens is 1. The minimum atomic E-state index is -1.83. The summed E-state index contributed by atoms with van der Waals surface area (Å²) in [5.74, 6) is -2.67. The van der Waals surface area contributed by atoms with Crippen molar-refractivity contribution in [1.82, 2.24) is 5.32 Å². The Labute approximate surface area is 199 Å². The van der Waals surface area contributed by atoms with E-state index in [-0.39, 0.29) is 22.7 Å². The molecule has 0 aliphatic carbocycles. The molecular weight excluding hydrogens is 494 g/mol. The molecule has 1 aliphatic heterocycles. The SMILES string of the molecule is N#CC1(C#N)C(c2ccc(F)cc2)NC(=O)C([n+]2cccc(O)c2)C1c1ccc(F)cc1.[Br-]. The average Bonchev–Trinajstić information content (AvgIpc) is 2.80. The van der Waals surface area contributed by atoms with E-state index in [0.29, 0.717) is 11.1 Å². The van der Waals surface area contributed by atoms with E-state index in [1.165, 1.54) is 77.6 Å². The zero-order valence-corrected chi connectivity index (χ0v) is 18.6. The molecule has 3 atom stereocenters. The van der Waals surface area contributed by atoms with Crippen LogP contribution in [-0.2, 0) is 4.79 Å². The molecule has 3 unspecified atom stereocenters. The first kappa shape index (κ1) is 23.8. The number of benzene rings is 2. The highest BCUT2D eigenvalue weighted by Crippen LogP contribution is 2.52. The molecule has 0 saturated carbocycles. The van der Waals surface area contributed by atoms with Gasteiger partial charge in [0.25, 0.3) is 5.91 Å². The Hall–Kier alpha value is -3.82. The van der Waals surface area contributed by atoms with Crippen molar-refractivity contribution >= 4 is 5.91 Å². The van der Waals surface area contributed by atoms with Crippen LogP contribution in [0.5, 0.6) is 5.75 Å². The number of halogens is 3. The van der Waals surface area contributed by atoms with Gasteiger partial charge in [-0.1, -0.05) is 24.3 Å². The van der Waals surface area contributed by atoms with Crippen molar-refractivity contribution in [3.63, 3.8) is 0 Å². The molecule has 1 aliphatic rings. The maximum absolute atomic E-state index is 13.7. The maximum Gasteiger partial charge on any atom is 0.290 e. The number of nitrogens with one attached hydrogen (secondary N) is 1. The van der Waals surface area contributed by atoms with Crippen molar-refractivity contribution in [1.29, 1.82) is 10.5 Å². The Morgan fingerprint density at radius 1 is 0.939 bits per heavy atom. The van der Waals surface area contributed by atoms with Gasteiger partial charge in [0.05, 0.1) is 24.1 Å². The van der Waals surface area contributed by atoms with Gasteiger partial charge in [0.15, 0.2) is 17.4 Å². The fraction of sp³-hybridized carbons (Fsp3) is 0.167. The minimum Gasteiger partial charge on any atom is -1.00 e. The Kier molecular flexibility index (Phi) is 6.75. The molecule has 1 fully saturated rings. The lowest BCUT2D eigenvalue weighted by atomic mass is 9.62. The van der Waals surface area contributed by atoms with Crippen LogP contribution in [0.15, 0.2) is 73.1 Å². The third kappa shape index (κ3) is 4.15. The Morgan fingerprint density at radius 2 is 1.48 bits per heavy atom. The molecule has 1 amide bonds. The molecule has 0 bridgehead atoms. The molecule has 9 heteroatoms. The van der Waals surface area contributed by atoms with Crippen molar-refractivity contribution < 1.29 is 40.2 Å². The van der Waals surface area contributed by atoms with Gasteiger partial charge in [-0.05, 0) is 41.5 Å². The molecule has 166 valence electrons. The molecule has 2 N–H and O–H groups in total. The van der Waals surface area contributed by atoms with Gasteiger partial charge in [0.1, 0.15) is 11.6 Å². The zero-order valence-electron chi connectivity index (χ0n) is 17.0. The summed E-state index contributed by atoms with van der Waals surface area (Å²) in [6.45, 7) is 0. The van der Waals surface area contributed by atoms with E-state index < -0.39 is 41.0 Å². The number of nitriles is 2. The highest BCUT2D eigenvalue weighted by Gasteiger charge is 2.61. The normalized spacial score (nSPS) is 21.1. The van der Waals surface area contributed by atoms with Crippen LogP contribution >= 0.6 is 0 Å². The fourth-order valence-electron chi connectivity index (χ4n) is 4.29. The summed E-state index contributed by atoms with van der Waals surface area (Å²) in [5, 5.41) is 33.3. The molecule has 0 spiro atoms. The second-order valence-corrected chi connectivity index (χ2v) is 7.57. The summed E-state index contributed by atoms with van der Waals surface area (Å²) < 4.78 is 28.6. The molecule has 0 radical (unpaired) electrons. The van der Waals surface area contributed by atoms with Crippen LogP contribution in [0.1, 0.15) is 29.1 Å². The van der Waals surface area contributed by atoms with Gasteiger partial charge in [-0.2, -0.15) is 15.1 Å². The summed E-state index contributed by atoms with van der Waals surface area (Å²) in [6, 6.07) is 15.4. The first-order valence-corrected chi connectivity index (χ1v) is 9.73. The van der Waals surface area contributed by atoms with E-state index in [1.54, 1.807) is 0 Å². The van der Waals surface area contributed by atoms with Gasteiger partial charge in [0.2, 0.25) is 12.2 Å². The standard InChI is InChI=1S/C24H16F2N4O2.BrH/c25-17-7-3-15(4-8-17)20-21(30-11-1-2-19(31)12-30)23(32)29-22(24(20,13-27)14-28)16-5-9-18(26)10-6-16;/h1-12,20-22H,(H-,29,31,32);1H. The second kappa shape index (κ2) is 9.35. The lowest BCUT2D eigenvalue weighted by Gasteiger charge is -2.42. The summed E-state index contributed by atoms with van der Waals surface area (Å²) in [4.78, 5) is 13.3. The van der Waals surface area contributed by atoms with Gasteiger partial charge in [0, 0.05) is 6.07 Å². The Morgan fingerprint density at radius 3 is 2.00 bits per heavy atom. The predicted octanol–water partition coefficient (Wildman–Crippen LogP) is 0.191. The van der Waals surface area contributed by atoms with Crippen LogP contribution in [0.3, 0.4) is 0 Å². The second-order valence-electron chi connectivity index (χ2n) is 7.57. The molecule has 6 nitrogen and oxygen atoms in total. The molecule has 1 aromatic heterocycles. The van der Waals surface area contributed by atoms with Crippen LogP contribution < -0.4 is 26.9 Å². The number of pyridine rings is 1. The summed E-state index contributed by atoms with van der Waals surface area (Å²) in [5.41, 5.74) is -1.04. The lowest BCUT2D eigenvalue weighted by molar-refractivity contribution is -0.715. The van der Waals surface area contributed by atoms with Crippen molar-refractivity contribution in [3.8, 4) is 17.9 Å². The van der Waals surface area contributed by atoms with Gasteiger partial charge >= 0.3 is 0 Å². The maximum atomic E-state index is 13.7. The highest BCUT2D eigenvalue weighted by atomic mass is 79.9. The number of amides is 1. The third-order valence-electron chi connectivity index (χ3n) is 5.75. The van der Waals surface area contributed by atoms with Crippen LogP contribution in [0.4, 0.5) is 8.78 Å². The molecular formula is C24H17BrF2N4O2. The van der Waals surface area contributed by atoms with E-state index in [1.807, 2.05) is 0 Å². The third-order valence-corrected chi connectivity index (χ3v) is 5.75. The number of carbonyl (C=O) groups is 1. The van der Waals surface area contributed by atoms with E-state index >= 15 is 0 Å². The van der Waals surface area contributed by atoms with Gasteiger partial charge in [-0.3, -0.25) is 4.79 Å². The predicted molar refractivity (Wildman–Crippen MR) is 107 cm³/mol. The number of piperidine rings is 1. The first-order valence-electron chi connectivity index (χ1n) is 9.73. The molecule has 2 heterocycles. The fourth-order valence-corrected chi connectivity index (χ4v) is 4.29. The monoisotopic (exact) mass is 510 g/mol. The number of hydrogen-bond acceptors (Lipinski definition) is 4. The number of rotatable bonds is 3. The quantitative estimate of drug-likeness (QED) is 0.491. The van der Waals surface area contributed by atoms with Gasteiger partial charge < -0.3 is 27.4 Å². The Balaban J connectivity index is 0.00000306. The summed E-state index contributed by atoms with van der Waals surface area (Å²) in [6.07, 6.45) is 2.86. The molecule has 4 rings (SSSR count). The summed E-state index contributed by atoms with van der Waals surface area (Å²) in [7, 11) is 0. The van der Waals surface area contributed by atoms with E-state index in [2.05, 4.69) is 17.5 Å². The minimum absolute atomic E-state index is 0. The van der Waals surface area contributed by atoms with Crippen molar-refractivity contribution in [2.75, 3.05) is 0 Å². The van der Waals surface area contributed by atoms with Crippen LogP contribution in [0.2, 0.25) is 0 Å². The number of aromatic hydroxyl groups is 1. The summed E-state index contributed by atoms with van der Waals surface area (Å²) >= 11 is 0. The van der Waals surface area contributed by atoms with Crippen molar-refractivity contribution in [2.24, 2.45) is 5.41 Å². The van der Waals surface area contributed by atoms with E-state index in [4.69, 9.17) is 0 Å². The smallest absolute Gasteiger partial charge is 0.290 e. The lowest BCUT2D eigenvalue weighted by Crippen LogP contribution is -3.00. The number of carbonyl (C=O) groups excluding carboxylic acids is 1. The van der Waals surface area contributed by atoms with Gasteiger partial charge in [-0.15, -0.1) is 0 Å². The van der Waals surface area contributed by atoms with Crippen LogP contribution in [-0.4, -0.2) is 11.0 Å². The van der Waals surface area contributed by atoms with Crippen LogP contribution in [0, 0.1) is 39.7 Å². The van der Waals surface area contributed by atoms with Gasteiger partial charge in [-0.25, -0.2) is 8.78 Å². The Bertz CT molecular complexity index is 1240. The zero-order chi connectivity index (χ0) is 22.9. The number of hydrogen-bond donors (Lipinski definition) is 2. The molecule has 33 heavy (non-hydrogen) atoms. The van der Waals surface area contributed by atoms with E-state index in [9.17, 15) is 29.2 Å². The molecule has 2 aromatic carbocycles. The van der Waals surface area contributed by atoms with Crippen molar-refractivity contribution in [2.45, 2.75) is 18.0 Å². The molecule has 3 aromatic rings. The topological polar surface area (TPSA) is 101 Å². The van der Waals surface area contributed by atoms with E-state index in [0.717, 1.165) is 0 Å². The largest absolute Gasteiger partial charge is 1.00 e. The first-order chi connectivity index (χ1) is 15.4. The number of nitrogens with zero attached hydrogens (tertiary/aromatic N) is 3.